The molecular formula is C15H17ClINO2. The second-order valence-corrected chi connectivity index (χ2v) is 7.75. The van der Waals surface area contributed by atoms with Crippen LogP contribution in [0.1, 0.15) is 42.6 Å². The van der Waals surface area contributed by atoms with E-state index in [9.17, 15) is 9.90 Å². The average Bonchev–Trinajstić information content (AvgIpc) is 3.09. The molecule has 0 aromatic heterocycles. The third-order valence-electron chi connectivity index (χ3n) is 4.12. The molecule has 1 heterocycles. The maximum atomic E-state index is 12.7. The molecule has 3 nitrogen and oxygen atoms in total. The molecule has 1 N–H and O–H groups in total. The van der Waals surface area contributed by atoms with Crippen LogP contribution >= 0.6 is 34.2 Å². The van der Waals surface area contributed by atoms with E-state index in [1.807, 2.05) is 17.0 Å². The van der Waals surface area contributed by atoms with Crippen molar-refractivity contribution in [2.45, 2.75) is 44.9 Å². The van der Waals surface area contributed by atoms with Crippen molar-refractivity contribution in [1.82, 2.24) is 4.90 Å². The lowest BCUT2D eigenvalue weighted by Crippen LogP contribution is -2.51. The Morgan fingerprint density at radius 1 is 1.45 bits per heavy atom. The number of carbonyl (C=O) groups is 1. The lowest BCUT2D eigenvalue weighted by Gasteiger charge is -2.37. The number of hydrogen-bond donors (Lipinski definition) is 1. The predicted octanol–water partition coefficient (Wildman–Crippen LogP) is 3.45. The number of fused-ring (bicyclic) bond motifs is 1. The van der Waals surface area contributed by atoms with Crippen LogP contribution in [0.15, 0.2) is 12.1 Å². The molecule has 108 valence electrons. The summed E-state index contributed by atoms with van der Waals surface area (Å²) in [4.78, 5) is 14.6. The average molecular weight is 406 g/mol. The van der Waals surface area contributed by atoms with Gasteiger partial charge in [0.05, 0.1) is 22.2 Å². The summed E-state index contributed by atoms with van der Waals surface area (Å²) in [5, 5.41) is 11.1. The lowest BCUT2D eigenvalue weighted by atomic mass is 9.93. The number of aliphatic hydroxyl groups is 1. The van der Waals surface area contributed by atoms with Crippen molar-refractivity contribution in [3.8, 4) is 0 Å². The van der Waals surface area contributed by atoms with Gasteiger partial charge < -0.3 is 10.0 Å². The van der Waals surface area contributed by atoms with Crippen molar-refractivity contribution < 1.29 is 9.90 Å². The van der Waals surface area contributed by atoms with Gasteiger partial charge in [-0.1, -0.05) is 17.7 Å². The van der Waals surface area contributed by atoms with Crippen LogP contribution in [0.5, 0.6) is 0 Å². The number of nitrogens with zero attached hydrogens (tertiary/aromatic N) is 1. The fourth-order valence-corrected chi connectivity index (χ4v) is 4.12. The molecule has 5 heteroatoms. The van der Waals surface area contributed by atoms with Crippen molar-refractivity contribution in [1.29, 1.82) is 0 Å². The van der Waals surface area contributed by atoms with Crippen molar-refractivity contribution in [2.75, 3.05) is 0 Å². The number of rotatable bonds is 3. The number of halogens is 2. The third kappa shape index (κ3) is 2.35. The van der Waals surface area contributed by atoms with Gasteiger partial charge in [0.15, 0.2) is 0 Å². The van der Waals surface area contributed by atoms with Crippen molar-refractivity contribution in [2.24, 2.45) is 5.92 Å². The van der Waals surface area contributed by atoms with Crippen LogP contribution in [0.4, 0.5) is 0 Å². The highest BCUT2D eigenvalue weighted by molar-refractivity contribution is 14.1. The van der Waals surface area contributed by atoms with Crippen LogP contribution in [-0.4, -0.2) is 27.6 Å². The van der Waals surface area contributed by atoms with E-state index >= 15 is 0 Å². The van der Waals surface area contributed by atoms with E-state index in [2.05, 4.69) is 22.6 Å². The molecule has 3 rings (SSSR count). The van der Waals surface area contributed by atoms with Crippen LogP contribution in [0.2, 0.25) is 5.02 Å². The number of benzene rings is 1. The summed E-state index contributed by atoms with van der Waals surface area (Å²) < 4.78 is 0.819. The van der Waals surface area contributed by atoms with Crippen LogP contribution in [0.3, 0.4) is 0 Å². The monoisotopic (exact) mass is 405 g/mol. The number of amides is 1. The molecule has 20 heavy (non-hydrogen) atoms. The molecule has 1 aliphatic carbocycles. The minimum atomic E-state index is -0.881. The van der Waals surface area contributed by atoms with Gasteiger partial charge in [0.25, 0.3) is 5.91 Å². The molecule has 1 fully saturated rings. The predicted molar refractivity (Wildman–Crippen MR) is 86.9 cm³/mol. The molecule has 1 aromatic rings. The Bertz CT molecular complexity index is 578. The second kappa shape index (κ2) is 4.85. The van der Waals surface area contributed by atoms with E-state index in [-0.39, 0.29) is 11.9 Å². The zero-order valence-electron chi connectivity index (χ0n) is 11.5. The molecule has 0 bridgehead atoms. The summed E-state index contributed by atoms with van der Waals surface area (Å²) in [6.07, 6.45) is 2.18. The van der Waals surface area contributed by atoms with Gasteiger partial charge in [-0.15, -0.1) is 0 Å². The molecule has 1 aromatic carbocycles. The van der Waals surface area contributed by atoms with Crippen LogP contribution < -0.4 is 0 Å². The zero-order valence-corrected chi connectivity index (χ0v) is 14.4. The quantitative estimate of drug-likeness (QED) is 0.783. The molecule has 2 aliphatic rings. The molecule has 1 saturated carbocycles. The van der Waals surface area contributed by atoms with Crippen molar-refractivity contribution in [3.05, 3.63) is 31.9 Å². The highest BCUT2D eigenvalue weighted by Gasteiger charge is 2.48. The molecule has 1 atom stereocenters. The number of hydrogen-bond acceptors (Lipinski definition) is 2. The fraction of sp³-hybridized carbons (Fsp3) is 0.533. The molecular weight excluding hydrogens is 389 g/mol. The van der Waals surface area contributed by atoms with E-state index in [1.54, 1.807) is 13.8 Å². The standard InChI is InChI=1S/C15H17ClINO2/c1-15(2,20)13(8-3-4-8)18-7-9-5-6-10(16)12(17)11(9)14(18)19/h5-6,8,13,20H,3-4,7H2,1-2H3/t13-/m1/s1. The van der Waals surface area contributed by atoms with Crippen LogP contribution in [0.25, 0.3) is 0 Å². The summed E-state index contributed by atoms with van der Waals surface area (Å²) in [5.74, 6) is 0.423. The molecule has 0 saturated heterocycles. The Morgan fingerprint density at radius 2 is 2.10 bits per heavy atom. The van der Waals surface area contributed by atoms with Gasteiger partial charge in [-0.2, -0.15) is 0 Å². The van der Waals surface area contributed by atoms with Gasteiger partial charge in [0, 0.05) is 10.1 Å². The Kier molecular flexibility index (Phi) is 3.54. The Hall–Kier alpha value is -0.330. The Morgan fingerprint density at radius 3 is 2.65 bits per heavy atom. The van der Waals surface area contributed by atoms with Crippen LogP contribution in [0, 0.1) is 9.49 Å². The van der Waals surface area contributed by atoms with Gasteiger partial charge in [-0.05, 0) is 66.8 Å². The van der Waals surface area contributed by atoms with Gasteiger partial charge in [0.2, 0.25) is 0 Å². The summed E-state index contributed by atoms with van der Waals surface area (Å²) in [6.45, 7) is 4.17. The smallest absolute Gasteiger partial charge is 0.255 e. The lowest BCUT2D eigenvalue weighted by molar-refractivity contribution is -0.0224. The SMILES string of the molecule is CC(C)(O)[C@@H](C1CC1)N1Cc2ccc(Cl)c(I)c2C1=O. The largest absolute Gasteiger partial charge is 0.388 e. The van der Waals surface area contributed by atoms with E-state index in [1.165, 1.54) is 0 Å². The topological polar surface area (TPSA) is 40.5 Å². The first-order valence-corrected chi connectivity index (χ1v) is 8.26. The summed E-state index contributed by atoms with van der Waals surface area (Å²) >= 11 is 8.25. The van der Waals surface area contributed by atoms with Gasteiger partial charge in [-0.3, -0.25) is 4.79 Å². The molecule has 0 radical (unpaired) electrons. The first kappa shape index (κ1) is 14.6. The first-order chi connectivity index (χ1) is 9.30. The summed E-state index contributed by atoms with van der Waals surface area (Å²) in [6, 6.07) is 3.65. The minimum absolute atomic E-state index is 0.00549. The van der Waals surface area contributed by atoms with Crippen LogP contribution in [-0.2, 0) is 6.54 Å². The maximum absolute atomic E-state index is 12.7. The number of carbonyl (C=O) groups excluding carboxylic acids is 1. The highest BCUT2D eigenvalue weighted by Crippen LogP contribution is 2.43. The van der Waals surface area contributed by atoms with E-state index in [4.69, 9.17) is 11.6 Å². The van der Waals surface area contributed by atoms with Crippen molar-refractivity contribution >= 4 is 40.1 Å². The summed E-state index contributed by atoms with van der Waals surface area (Å²) in [5.41, 5.74) is 0.848. The molecule has 0 spiro atoms. The Balaban J connectivity index is 1.99. The molecule has 1 aliphatic heterocycles. The maximum Gasteiger partial charge on any atom is 0.255 e. The fourth-order valence-electron chi connectivity index (χ4n) is 3.20. The van der Waals surface area contributed by atoms with E-state index in [0.717, 1.165) is 22.0 Å². The van der Waals surface area contributed by atoms with E-state index in [0.29, 0.717) is 23.0 Å². The minimum Gasteiger partial charge on any atom is -0.388 e. The first-order valence-electron chi connectivity index (χ1n) is 6.81. The van der Waals surface area contributed by atoms with Gasteiger partial charge >= 0.3 is 0 Å². The highest BCUT2D eigenvalue weighted by atomic mass is 127. The van der Waals surface area contributed by atoms with Crippen molar-refractivity contribution in [3.63, 3.8) is 0 Å². The second-order valence-electron chi connectivity index (χ2n) is 6.26. The summed E-state index contributed by atoms with van der Waals surface area (Å²) in [7, 11) is 0. The zero-order chi connectivity index (χ0) is 14.7. The molecule has 1 amide bonds. The third-order valence-corrected chi connectivity index (χ3v) is 5.88. The van der Waals surface area contributed by atoms with Gasteiger partial charge in [0.1, 0.15) is 0 Å². The molecule has 0 unspecified atom stereocenters. The normalized spacial score (nSPS) is 20.2. The van der Waals surface area contributed by atoms with Gasteiger partial charge in [-0.25, -0.2) is 0 Å². The van der Waals surface area contributed by atoms with E-state index < -0.39 is 5.60 Å². The Labute approximate surface area is 137 Å².